The van der Waals surface area contributed by atoms with Gasteiger partial charge in [0.1, 0.15) is 0 Å². The molecular weight excluding hydrogens is 469 g/mol. The van der Waals surface area contributed by atoms with E-state index in [1.165, 1.54) is 17.8 Å². The van der Waals surface area contributed by atoms with Gasteiger partial charge >= 0.3 is 89.0 Å². The summed E-state index contributed by atoms with van der Waals surface area (Å²) in [4.78, 5) is 0. The van der Waals surface area contributed by atoms with Crippen LogP contribution in [0.3, 0.4) is 0 Å². The molecule has 1 atom stereocenters. The third-order valence-corrected chi connectivity index (χ3v) is 8.47. The second-order valence-electron chi connectivity index (χ2n) is 5.71. The molecule has 134 valence electrons. The van der Waals surface area contributed by atoms with E-state index in [0.29, 0.717) is 0 Å². The normalized spacial score (nSPS) is 9.48. The SMILES string of the molecule is P.c1cc[c]([Sn][c]2ccccc2)cc1.c1ccc(Pc2ccccc2)cc1. The Morgan fingerprint density at radius 1 is 0.407 bits per heavy atom. The van der Waals surface area contributed by atoms with Crippen LogP contribution in [0.1, 0.15) is 0 Å². The average molecular weight is 493 g/mol. The minimum Gasteiger partial charge on any atom is -0.0622 e. The van der Waals surface area contributed by atoms with Crippen molar-refractivity contribution in [2.45, 2.75) is 0 Å². The van der Waals surface area contributed by atoms with Gasteiger partial charge in [-0.05, 0) is 10.6 Å². The van der Waals surface area contributed by atoms with Crippen LogP contribution < -0.4 is 17.8 Å². The Morgan fingerprint density at radius 3 is 1.04 bits per heavy atom. The number of rotatable bonds is 4. The number of hydrogen-bond acceptors (Lipinski definition) is 0. The third-order valence-electron chi connectivity index (χ3n) is 3.67. The molecule has 0 N–H and O–H groups in total. The maximum atomic E-state index is 2.24. The van der Waals surface area contributed by atoms with Crippen molar-refractivity contribution >= 4 is 57.4 Å². The van der Waals surface area contributed by atoms with E-state index in [4.69, 9.17) is 0 Å². The van der Waals surface area contributed by atoms with E-state index in [0.717, 1.165) is 8.58 Å². The summed E-state index contributed by atoms with van der Waals surface area (Å²) in [6.07, 6.45) is 0. The predicted molar refractivity (Wildman–Crippen MR) is 129 cm³/mol. The van der Waals surface area contributed by atoms with E-state index in [-0.39, 0.29) is 9.90 Å². The van der Waals surface area contributed by atoms with Crippen molar-refractivity contribution in [2.75, 3.05) is 0 Å². The van der Waals surface area contributed by atoms with Crippen molar-refractivity contribution in [1.82, 2.24) is 0 Å². The summed E-state index contributed by atoms with van der Waals surface area (Å²) in [5.74, 6) is 0. The van der Waals surface area contributed by atoms with E-state index in [1.54, 1.807) is 0 Å². The first-order chi connectivity index (χ1) is 12.9. The van der Waals surface area contributed by atoms with Crippen LogP contribution in [0.25, 0.3) is 0 Å². The molecule has 0 saturated carbocycles. The molecule has 0 nitrogen and oxygen atoms in total. The summed E-state index contributed by atoms with van der Waals surface area (Å²) >= 11 is -0.517. The Kier molecular flexibility index (Phi) is 10.4. The Balaban J connectivity index is 0.000000187. The van der Waals surface area contributed by atoms with Crippen LogP contribution in [-0.4, -0.2) is 21.1 Å². The fourth-order valence-electron chi connectivity index (χ4n) is 2.42. The zero-order chi connectivity index (χ0) is 17.9. The molecule has 4 rings (SSSR count). The van der Waals surface area contributed by atoms with Crippen LogP contribution in [0.2, 0.25) is 0 Å². The molecule has 4 aromatic rings. The van der Waals surface area contributed by atoms with Gasteiger partial charge in [0, 0.05) is 0 Å². The van der Waals surface area contributed by atoms with E-state index < -0.39 is 21.1 Å². The summed E-state index contributed by atoms with van der Waals surface area (Å²) in [5, 5.41) is 2.79. The van der Waals surface area contributed by atoms with E-state index in [9.17, 15) is 0 Å². The Morgan fingerprint density at radius 2 is 0.704 bits per heavy atom. The zero-order valence-electron chi connectivity index (χ0n) is 15.3. The molecule has 0 aliphatic heterocycles. The summed E-state index contributed by atoms with van der Waals surface area (Å²) in [6.45, 7) is 0. The van der Waals surface area contributed by atoms with Gasteiger partial charge in [-0.2, -0.15) is 9.90 Å². The molecule has 0 spiro atoms. The van der Waals surface area contributed by atoms with Gasteiger partial charge in [-0.15, -0.1) is 0 Å². The van der Waals surface area contributed by atoms with Crippen LogP contribution in [0.15, 0.2) is 121 Å². The molecular formula is C24H24P2Sn. The maximum Gasteiger partial charge on any atom is -0.0226 e. The minimum absolute atomic E-state index is 0. The molecule has 2 radical (unpaired) electrons. The van der Waals surface area contributed by atoms with Gasteiger partial charge in [-0.3, -0.25) is 0 Å². The van der Waals surface area contributed by atoms with Gasteiger partial charge in [0.2, 0.25) is 0 Å². The van der Waals surface area contributed by atoms with Crippen molar-refractivity contribution in [3.63, 3.8) is 0 Å². The second kappa shape index (κ2) is 12.8. The molecule has 0 bridgehead atoms. The molecule has 1 unspecified atom stereocenters. The minimum atomic E-state index is -0.517. The van der Waals surface area contributed by atoms with Gasteiger partial charge < -0.3 is 0 Å². The fourth-order valence-corrected chi connectivity index (χ4v) is 6.47. The van der Waals surface area contributed by atoms with Crippen molar-refractivity contribution in [1.29, 1.82) is 0 Å². The van der Waals surface area contributed by atoms with Crippen molar-refractivity contribution < 1.29 is 0 Å². The maximum absolute atomic E-state index is 2.24. The summed E-state index contributed by atoms with van der Waals surface area (Å²) in [6, 6.07) is 42.7. The molecule has 0 saturated heterocycles. The van der Waals surface area contributed by atoms with Crippen molar-refractivity contribution in [2.24, 2.45) is 0 Å². The standard InChI is InChI=1S/C12H11P.2C6H5.H3P.Sn/c1-3-7-11(8-4-1)13-12-9-5-2-6-10-12;2*1-2-4-6-5-3-1;;/h1-10,13H;2*1-5H;1H3;. The fraction of sp³-hybridized carbons (Fsp3) is 0. The van der Waals surface area contributed by atoms with E-state index in [2.05, 4.69) is 121 Å². The summed E-state index contributed by atoms with van der Waals surface area (Å²) < 4.78 is 3.08. The topological polar surface area (TPSA) is 0 Å². The van der Waals surface area contributed by atoms with E-state index >= 15 is 0 Å². The zero-order valence-corrected chi connectivity index (χ0v) is 20.5. The van der Waals surface area contributed by atoms with Crippen LogP contribution >= 0.6 is 18.5 Å². The molecule has 4 aromatic carbocycles. The first kappa shape index (κ1) is 21.8. The molecule has 0 amide bonds. The van der Waals surface area contributed by atoms with Gasteiger partial charge in [-0.1, -0.05) is 69.2 Å². The van der Waals surface area contributed by atoms with Gasteiger partial charge in [0.25, 0.3) is 0 Å². The van der Waals surface area contributed by atoms with Crippen LogP contribution in [0.5, 0.6) is 0 Å². The van der Waals surface area contributed by atoms with Crippen LogP contribution in [-0.2, 0) is 0 Å². The number of hydrogen-bond donors (Lipinski definition) is 0. The first-order valence-electron chi connectivity index (χ1n) is 8.64. The van der Waals surface area contributed by atoms with Gasteiger partial charge in [-0.25, -0.2) is 0 Å². The summed E-state index contributed by atoms with van der Waals surface area (Å²) in [5.41, 5.74) is 0. The third kappa shape index (κ3) is 8.39. The van der Waals surface area contributed by atoms with Crippen molar-refractivity contribution in [3.8, 4) is 0 Å². The Labute approximate surface area is 178 Å². The van der Waals surface area contributed by atoms with Crippen LogP contribution in [0, 0.1) is 0 Å². The second-order valence-corrected chi connectivity index (χ2v) is 11.1. The molecule has 0 aliphatic rings. The van der Waals surface area contributed by atoms with Gasteiger partial charge in [0.05, 0.1) is 0 Å². The first-order valence-corrected chi connectivity index (χ1v) is 12.5. The smallest absolute Gasteiger partial charge is 0.0226 e. The Hall–Kier alpha value is -1.46. The number of benzene rings is 4. The molecule has 27 heavy (non-hydrogen) atoms. The molecule has 0 fully saturated rings. The van der Waals surface area contributed by atoms with Crippen LogP contribution in [0.4, 0.5) is 0 Å². The molecule has 0 aliphatic carbocycles. The van der Waals surface area contributed by atoms with Gasteiger partial charge in [0.15, 0.2) is 0 Å². The summed E-state index contributed by atoms with van der Waals surface area (Å²) in [7, 11) is 0.777. The van der Waals surface area contributed by atoms with E-state index in [1.807, 2.05) is 0 Å². The average Bonchev–Trinajstić information content (AvgIpc) is 2.72. The quantitative estimate of drug-likeness (QED) is 0.301. The monoisotopic (exact) mass is 494 g/mol. The molecule has 3 heteroatoms. The largest absolute Gasteiger partial charge is 0.0622 e. The Bertz CT molecular complexity index is 715. The van der Waals surface area contributed by atoms with Crippen molar-refractivity contribution in [3.05, 3.63) is 121 Å². The molecule has 0 aromatic heterocycles. The molecule has 0 heterocycles. The predicted octanol–water partition coefficient (Wildman–Crippen LogP) is 3.72.